The summed E-state index contributed by atoms with van der Waals surface area (Å²) < 4.78 is 11.5. The first-order chi connectivity index (χ1) is 16.2. The minimum atomic E-state index is -1.18. The first-order valence-corrected chi connectivity index (χ1v) is 10.3. The number of Topliss-reactive ketones (excluding diaryl/α,β-unsaturated/α-hetero) is 1. The molecule has 0 saturated heterocycles. The molecule has 0 spiro atoms. The van der Waals surface area contributed by atoms with Crippen molar-refractivity contribution in [2.75, 3.05) is 6.61 Å². The normalized spacial score (nSPS) is 15.1. The molecule has 1 atom stereocenters. The molecular weight excluding hydrogens is 446 g/mol. The molecule has 1 heterocycles. The van der Waals surface area contributed by atoms with Crippen LogP contribution in [0.15, 0.2) is 58.7 Å². The fraction of sp³-hybridized carbons (Fsp3) is 0.273. The molecule has 2 aromatic rings. The van der Waals surface area contributed by atoms with Gasteiger partial charge in [0.25, 0.3) is 11.6 Å². The zero-order valence-electron chi connectivity index (χ0n) is 18.7. The first-order valence-electron chi connectivity index (χ1n) is 10.3. The summed E-state index contributed by atoms with van der Waals surface area (Å²) in [7, 11) is 0. The van der Waals surface area contributed by atoms with Crippen molar-refractivity contribution in [1.29, 1.82) is 0 Å². The lowest BCUT2D eigenvalue weighted by molar-refractivity contribution is -0.525. The number of nitrogens with zero attached hydrogens (tertiary/aromatic N) is 3. The third-order valence-electron chi connectivity index (χ3n) is 4.94. The van der Waals surface area contributed by atoms with Crippen LogP contribution >= 0.6 is 0 Å². The van der Waals surface area contributed by atoms with Gasteiger partial charge in [-0.25, -0.2) is 15.1 Å². The second-order valence-corrected chi connectivity index (χ2v) is 7.29. The number of rotatable bonds is 9. The molecule has 0 aromatic heterocycles. The van der Waals surface area contributed by atoms with E-state index in [1.807, 2.05) is 35.8 Å². The van der Waals surface area contributed by atoms with E-state index in [4.69, 9.17) is 9.47 Å². The average molecular weight is 469 g/mol. The monoisotopic (exact) mass is 469 g/mol. The molecule has 2 aromatic carbocycles. The van der Waals surface area contributed by atoms with E-state index in [2.05, 4.69) is 10.3 Å². The number of hydrogen-bond acceptors (Lipinski definition) is 9. The quantitative estimate of drug-likeness (QED) is 0.415. The molecule has 12 nitrogen and oxygen atoms in total. The van der Waals surface area contributed by atoms with Crippen molar-refractivity contribution >= 4 is 17.4 Å². The van der Waals surface area contributed by atoms with Crippen LogP contribution in [0.5, 0.6) is 11.5 Å². The van der Waals surface area contributed by atoms with E-state index in [-0.39, 0.29) is 53.2 Å². The van der Waals surface area contributed by atoms with Gasteiger partial charge < -0.3 is 14.8 Å². The van der Waals surface area contributed by atoms with Crippen molar-refractivity contribution in [1.82, 2.24) is 10.7 Å². The SMILES string of the molecule is CCOc1cc([C@@H]2N=C(N[N+](=O)[O-])NC(C)=C2C(C)=O)c([N+](=O)[O-])cc1OCc1ccccc1. The maximum absolute atomic E-state index is 12.4. The number of carbonyl (C=O) groups excluding carboxylic acids is 1. The van der Waals surface area contributed by atoms with E-state index in [0.717, 1.165) is 5.56 Å². The Kier molecular flexibility index (Phi) is 7.41. The Hall–Kier alpha value is -4.48. The highest BCUT2D eigenvalue weighted by molar-refractivity contribution is 5.98. The molecule has 0 radical (unpaired) electrons. The van der Waals surface area contributed by atoms with Gasteiger partial charge in [-0.15, -0.1) is 0 Å². The molecule has 3 rings (SSSR count). The van der Waals surface area contributed by atoms with Gasteiger partial charge in [0.05, 0.1) is 23.2 Å². The maximum atomic E-state index is 12.4. The number of benzene rings is 2. The van der Waals surface area contributed by atoms with Crippen molar-refractivity contribution in [3.8, 4) is 11.5 Å². The lowest BCUT2D eigenvalue weighted by atomic mass is 9.92. The molecule has 0 aliphatic carbocycles. The molecular formula is C22H23N5O7. The largest absolute Gasteiger partial charge is 0.490 e. The predicted molar refractivity (Wildman–Crippen MR) is 122 cm³/mol. The summed E-state index contributed by atoms with van der Waals surface area (Å²) in [5.74, 6) is -0.283. The molecule has 0 unspecified atom stereocenters. The lowest BCUT2D eigenvalue weighted by Crippen LogP contribution is -2.43. The van der Waals surface area contributed by atoms with Crippen LogP contribution in [-0.2, 0) is 11.4 Å². The molecule has 0 amide bonds. The van der Waals surface area contributed by atoms with Gasteiger partial charge in [0.2, 0.25) is 0 Å². The van der Waals surface area contributed by atoms with Crippen molar-refractivity contribution in [3.05, 3.63) is 85.1 Å². The minimum Gasteiger partial charge on any atom is -0.490 e. The summed E-state index contributed by atoms with van der Waals surface area (Å²) in [5.41, 5.74) is 2.85. The van der Waals surface area contributed by atoms with Crippen molar-refractivity contribution < 1.29 is 24.2 Å². The number of aliphatic imine (C=N–C) groups is 1. The number of hydrogen-bond donors (Lipinski definition) is 2. The van der Waals surface area contributed by atoms with Crippen molar-refractivity contribution in [3.63, 3.8) is 0 Å². The van der Waals surface area contributed by atoms with Gasteiger partial charge >= 0.3 is 0 Å². The second-order valence-electron chi connectivity index (χ2n) is 7.29. The Bertz CT molecular complexity index is 1180. The van der Waals surface area contributed by atoms with E-state index in [9.17, 15) is 25.0 Å². The fourth-order valence-electron chi connectivity index (χ4n) is 3.56. The summed E-state index contributed by atoms with van der Waals surface area (Å²) in [6, 6.07) is 10.7. The second kappa shape index (κ2) is 10.4. The van der Waals surface area contributed by atoms with Crippen molar-refractivity contribution in [2.24, 2.45) is 4.99 Å². The summed E-state index contributed by atoms with van der Waals surface area (Å²) in [5, 5.41) is 24.7. The molecule has 1 aliphatic heterocycles. The van der Waals surface area contributed by atoms with E-state index in [1.165, 1.54) is 26.0 Å². The predicted octanol–water partition coefficient (Wildman–Crippen LogP) is 3.22. The van der Waals surface area contributed by atoms with Gasteiger partial charge in [0.1, 0.15) is 12.6 Å². The van der Waals surface area contributed by atoms with Gasteiger partial charge in [0, 0.05) is 11.3 Å². The van der Waals surface area contributed by atoms with Crippen LogP contribution in [0.1, 0.15) is 37.9 Å². The van der Waals surface area contributed by atoms with Crippen LogP contribution in [0.3, 0.4) is 0 Å². The highest BCUT2D eigenvalue weighted by Gasteiger charge is 2.34. The Balaban J connectivity index is 2.12. The number of hydrazine groups is 1. The number of ketones is 1. The minimum absolute atomic E-state index is 0.0363. The topological polar surface area (TPSA) is 158 Å². The summed E-state index contributed by atoms with van der Waals surface area (Å²) in [6.45, 7) is 4.97. The van der Waals surface area contributed by atoms with Gasteiger partial charge in [-0.3, -0.25) is 14.9 Å². The number of nitro benzene ring substituents is 1. The number of nitro groups is 2. The van der Waals surface area contributed by atoms with Crippen LogP contribution < -0.4 is 20.2 Å². The average Bonchev–Trinajstić information content (AvgIpc) is 2.77. The zero-order valence-corrected chi connectivity index (χ0v) is 18.7. The molecule has 1 aliphatic rings. The summed E-state index contributed by atoms with van der Waals surface area (Å²) >= 11 is 0. The highest BCUT2D eigenvalue weighted by atomic mass is 16.7. The van der Waals surface area contributed by atoms with Crippen LogP contribution in [0, 0.1) is 20.2 Å². The van der Waals surface area contributed by atoms with Gasteiger partial charge in [-0.05, 0) is 32.4 Å². The lowest BCUT2D eigenvalue weighted by Gasteiger charge is -2.25. The molecule has 0 fully saturated rings. The molecule has 178 valence electrons. The van der Waals surface area contributed by atoms with Crippen LogP contribution in [-0.4, -0.2) is 28.3 Å². The fourth-order valence-corrected chi connectivity index (χ4v) is 3.56. The number of ether oxygens (including phenoxy) is 2. The third kappa shape index (κ3) is 5.46. The smallest absolute Gasteiger partial charge is 0.279 e. The molecule has 12 heteroatoms. The van der Waals surface area contributed by atoms with Crippen LogP contribution in [0.4, 0.5) is 5.69 Å². The Morgan fingerprint density at radius 3 is 2.41 bits per heavy atom. The maximum Gasteiger partial charge on any atom is 0.279 e. The third-order valence-corrected chi connectivity index (χ3v) is 4.94. The Labute approximate surface area is 194 Å². The number of allylic oxidation sites excluding steroid dienone is 1. The molecule has 0 bridgehead atoms. The molecule has 34 heavy (non-hydrogen) atoms. The van der Waals surface area contributed by atoms with E-state index < -0.39 is 21.8 Å². The van der Waals surface area contributed by atoms with Crippen molar-refractivity contribution in [2.45, 2.75) is 33.4 Å². The number of nitrogens with one attached hydrogen (secondary N) is 2. The van der Waals surface area contributed by atoms with Crippen LogP contribution in [0.2, 0.25) is 0 Å². The Morgan fingerprint density at radius 1 is 1.15 bits per heavy atom. The van der Waals surface area contributed by atoms with E-state index in [1.54, 1.807) is 6.92 Å². The molecule has 0 saturated carbocycles. The summed E-state index contributed by atoms with van der Waals surface area (Å²) in [6.07, 6.45) is 0. The van der Waals surface area contributed by atoms with Gasteiger partial charge in [-0.1, -0.05) is 35.8 Å². The number of carbonyl (C=O) groups is 1. The van der Waals surface area contributed by atoms with Gasteiger partial charge in [0.15, 0.2) is 22.3 Å². The Morgan fingerprint density at radius 2 is 1.82 bits per heavy atom. The van der Waals surface area contributed by atoms with E-state index in [0.29, 0.717) is 0 Å². The van der Waals surface area contributed by atoms with Gasteiger partial charge in [-0.2, -0.15) is 0 Å². The highest BCUT2D eigenvalue weighted by Crippen LogP contribution is 2.42. The van der Waals surface area contributed by atoms with Crippen LogP contribution in [0.25, 0.3) is 0 Å². The first kappa shape index (κ1) is 24.2. The zero-order chi connectivity index (χ0) is 24.8. The number of guanidine groups is 1. The van der Waals surface area contributed by atoms with E-state index >= 15 is 0 Å². The summed E-state index contributed by atoms with van der Waals surface area (Å²) in [4.78, 5) is 38.9. The standard InChI is InChI=1S/C22H23N5O7/c1-4-33-18-10-16(21-20(14(3)28)13(2)23-22(24-21)25-27(31)32)17(26(29)30)11-19(18)34-12-15-8-6-5-7-9-15/h5-11,21H,4,12H2,1-3H3,(H2,23,24,25)/t21-/m0/s1. The molecule has 2 N–H and O–H groups in total.